The SMILES string of the molecule is CC(C)CC(NC(=O)C(Cc1ccc(O)cc1)N(C(=O)C1CCCN1)P(=O)(O)O)C(=O)O. The zero-order chi connectivity index (χ0) is 24.1. The minimum absolute atomic E-state index is 0.0456. The first-order valence-corrected chi connectivity index (χ1v) is 11.9. The van der Waals surface area contributed by atoms with Crippen molar-refractivity contribution >= 4 is 25.5 Å². The van der Waals surface area contributed by atoms with E-state index in [1.54, 1.807) is 13.8 Å². The molecule has 2 amide bonds. The van der Waals surface area contributed by atoms with Gasteiger partial charge < -0.3 is 30.6 Å². The van der Waals surface area contributed by atoms with Gasteiger partial charge in [0.25, 0.3) is 0 Å². The third-order valence-electron chi connectivity index (χ3n) is 5.15. The number of hydrogen-bond acceptors (Lipinski definition) is 6. The normalized spacial score (nSPS) is 18.2. The van der Waals surface area contributed by atoms with Crippen LogP contribution in [0, 0.1) is 5.92 Å². The number of rotatable bonds is 10. The molecule has 0 aliphatic carbocycles. The van der Waals surface area contributed by atoms with Gasteiger partial charge in [-0.15, -0.1) is 0 Å². The summed E-state index contributed by atoms with van der Waals surface area (Å²) in [6.07, 6.45) is 0.800. The van der Waals surface area contributed by atoms with Crippen molar-refractivity contribution in [3.8, 4) is 5.75 Å². The zero-order valence-electron chi connectivity index (χ0n) is 18.0. The van der Waals surface area contributed by atoms with Crippen LogP contribution in [0.3, 0.4) is 0 Å². The lowest BCUT2D eigenvalue weighted by Crippen LogP contribution is -2.55. The second kappa shape index (κ2) is 10.9. The van der Waals surface area contributed by atoms with Crippen molar-refractivity contribution in [3.05, 3.63) is 29.8 Å². The molecule has 0 aromatic heterocycles. The molecule has 178 valence electrons. The summed E-state index contributed by atoms with van der Waals surface area (Å²) in [6.45, 7) is 4.04. The number of benzene rings is 1. The Morgan fingerprint density at radius 3 is 2.31 bits per heavy atom. The minimum Gasteiger partial charge on any atom is -0.508 e. The lowest BCUT2D eigenvalue weighted by atomic mass is 10.0. The largest absolute Gasteiger partial charge is 0.508 e. The van der Waals surface area contributed by atoms with Gasteiger partial charge in [0.2, 0.25) is 11.8 Å². The van der Waals surface area contributed by atoms with Crippen molar-refractivity contribution in [2.75, 3.05) is 6.54 Å². The predicted octanol–water partition coefficient (Wildman–Crippen LogP) is 0.592. The van der Waals surface area contributed by atoms with Gasteiger partial charge in [0.15, 0.2) is 0 Å². The average Bonchev–Trinajstić information content (AvgIpc) is 3.21. The van der Waals surface area contributed by atoms with Gasteiger partial charge in [-0.1, -0.05) is 26.0 Å². The minimum atomic E-state index is -5.25. The van der Waals surface area contributed by atoms with E-state index in [0.29, 0.717) is 24.9 Å². The van der Waals surface area contributed by atoms with Gasteiger partial charge in [0.1, 0.15) is 17.8 Å². The Hall–Kier alpha value is -2.46. The third kappa shape index (κ3) is 7.03. The molecule has 1 fully saturated rings. The highest BCUT2D eigenvalue weighted by molar-refractivity contribution is 7.50. The Morgan fingerprint density at radius 1 is 1.22 bits per heavy atom. The second-order valence-corrected chi connectivity index (χ2v) is 9.72. The molecule has 0 saturated carbocycles. The van der Waals surface area contributed by atoms with Gasteiger partial charge in [0.05, 0.1) is 6.04 Å². The van der Waals surface area contributed by atoms with Crippen LogP contribution in [0.2, 0.25) is 0 Å². The van der Waals surface area contributed by atoms with Crippen LogP contribution in [0.25, 0.3) is 0 Å². The Morgan fingerprint density at radius 2 is 1.84 bits per heavy atom. The molecule has 1 heterocycles. The van der Waals surface area contributed by atoms with E-state index in [4.69, 9.17) is 0 Å². The maximum atomic E-state index is 13.1. The van der Waals surface area contributed by atoms with Gasteiger partial charge in [-0.3, -0.25) is 9.59 Å². The Kier molecular flexibility index (Phi) is 8.80. The highest BCUT2D eigenvalue weighted by Crippen LogP contribution is 2.43. The first-order chi connectivity index (χ1) is 14.9. The number of phenols is 1. The molecule has 0 radical (unpaired) electrons. The molecule has 3 unspecified atom stereocenters. The predicted molar refractivity (Wildman–Crippen MR) is 115 cm³/mol. The summed E-state index contributed by atoms with van der Waals surface area (Å²) in [7, 11) is -5.25. The molecule has 0 spiro atoms. The number of carbonyl (C=O) groups excluding carboxylic acids is 2. The van der Waals surface area contributed by atoms with Crippen molar-refractivity contribution in [2.45, 2.75) is 57.7 Å². The lowest BCUT2D eigenvalue weighted by molar-refractivity contribution is -0.144. The monoisotopic (exact) mass is 471 g/mol. The average molecular weight is 471 g/mol. The van der Waals surface area contributed by atoms with Crippen molar-refractivity contribution < 1.29 is 38.9 Å². The topological polar surface area (TPSA) is 176 Å². The van der Waals surface area contributed by atoms with E-state index < -0.39 is 43.7 Å². The summed E-state index contributed by atoms with van der Waals surface area (Å²) in [5.41, 5.74) is 0.421. The molecule has 1 aliphatic rings. The van der Waals surface area contributed by atoms with E-state index in [1.165, 1.54) is 24.3 Å². The molecule has 2 rings (SSSR count). The summed E-state index contributed by atoms with van der Waals surface area (Å²) in [6, 6.07) is 1.77. The van der Waals surface area contributed by atoms with E-state index in [2.05, 4.69) is 10.6 Å². The highest BCUT2D eigenvalue weighted by Gasteiger charge is 2.44. The molecule has 1 saturated heterocycles. The van der Waals surface area contributed by atoms with Crippen LogP contribution < -0.4 is 10.6 Å². The first kappa shape index (κ1) is 25.8. The maximum Gasteiger partial charge on any atom is 0.433 e. The smallest absolute Gasteiger partial charge is 0.433 e. The number of aliphatic carboxylic acids is 1. The number of carboxylic acid groups (broad SMARTS) is 1. The van der Waals surface area contributed by atoms with Gasteiger partial charge in [0, 0.05) is 6.42 Å². The number of amides is 2. The zero-order valence-corrected chi connectivity index (χ0v) is 18.9. The Balaban J connectivity index is 2.42. The van der Waals surface area contributed by atoms with E-state index in [-0.39, 0.29) is 29.2 Å². The molecule has 1 aromatic carbocycles. The van der Waals surface area contributed by atoms with Crippen molar-refractivity contribution in [1.82, 2.24) is 15.3 Å². The first-order valence-electron chi connectivity index (χ1n) is 10.3. The van der Waals surface area contributed by atoms with Crippen LogP contribution in [0.4, 0.5) is 0 Å². The molecular formula is C20H30N3O8P. The maximum absolute atomic E-state index is 13.1. The summed E-state index contributed by atoms with van der Waals surface area (Å²) in [5, 5.41) is 24.2. The van der Waals surface area contributed by atoms with Crippen LogP contribution in [0.5, 0.6) is 5.75 Å². The number of nitrogens with one attached hydrogen (secondary N) is 2. The van der Waals surface area contributed by atoms with Crippen molar-refractivity contribution in [2.24, 2.45) is 5.92 Å². The summed E-state index contributed by atoms with van der Waals surface area (Å²) in [4.78, 5) is 57.7. The highest BCUT2D eigenvalue weighted by atomic mass is 31.2. The number of nitrogens with zero attached hydrogens (tertiary/aromatic N) is 1. The third-order valence-corrected chi connectivity index (χ3v) is 6.19. The second-order valence-electron chi connectivity index (χ2n) is 8.26. The summed E-state index contributed by atoms with van der Waals surface area (Å²) < 4.78 is 12.6. The molecular weight excluding hydrogens is 441 g/mol. The molecule has 1 aromatic rings. The standard InChI is InChI=1S/C20H30N3O8P/c1-12(2)10-16(20(27)28)22-18(25)17(11-13-5-7-14(24)8-6-13)23(32(29,30)31)19(26)15-4-3-9-21-15/h5-8,12,15-17,21,24H,3-4,9-11H2,1-2H3,(H,22,25)(H,27,28)(H2,29,30,31). The van der Waals surface area contributed by atoms with E-state index in [1.807, 2.05) is 0 Å². The van der Waals surface area contributed by atoms with Crippen molar-refractivity contribution in [1.29, 1.82) is 0 Å². The molecule has 1 aliphatic heterocycles. The molecule has 11 nitrogen and oxygen atoms in total. The van der Waals surface area contributed by atoms with Crippen LogP contribution in [0.15, 0.2) is 24.3 Å². The fraction of sp³-hybridized carbons (Fsp3) is 0.550. The van der Waals surface area contributed by atoms with Crippen LogP contribution >= 0.6 is 7.75 Å². The van der Waals surface area contributed by atoms with Gasteiger partial charge in [-0.25, -0.2) is 14.0 Å². The Labute approximate surface area is 186 Å². The fourth-order valence-electron chi connectivity index (χ4n) is 3.62. The van der Waals surface area contributed by atoms with Crippen LogP contribution in [-0.4, -0.2) is 67.1 Å². The number of carboxylic acids is 1. The van der Waals surface area contributed by atoms with Crippen molar-refractivity contribution in [3.63, 3.8) is 0 Å². The Bertz CT molecular complexity index is 864. The van der Waals surface area contributed by atoms with E-state index in [0.717, 1.165) is 0 Å². The number of phenolic OH excluding ortho intramolecular Hbond substituents is 1. The number of aromatic hydroxyl groups is 1. The van der Waals surface area contributed by atoms with Gasteiger partial charge in [-0.2, -0.15) is 0 Å². The van der Waals surface area contributed by atoms with E-state index in [9.17, 15) is 38.9 Å². The molecule has 0 bridgehead atoms. The van der Waals surface area contributed by atoms with Gasteiger partial charge >= 0.3 is 13.7 Å². The number of hydrogen-bond donors (Lipinski definition) is 6. The summed E-state index contributed by atoms with van der Waals surface area (Å²) in [5.74, 6) is -3.32. The molecule has 3 atom stereocenters. The quantitative estimate of drug-likeness (QED) is 0.267. The fourth-order valence-corrected chi connectivity index (χ4v) is 4.57. The van der Waals surface area contributed by atoms with Crippen LogP contribution in [0.1, 0.15) is 38.7 Å². The number of carbonyl (C=O) groups is 3. The summed E-state index contributed by atoms with van der Waals surface area (Å²) >= 11 is 0. The van der Waals surface area contributed by atoms with Gasteiger partial charge in [-0.05, 0) is 49.4 Å². The molecule has 6 N–H and O–H groups in total. The van der Waals surface area contributed by atoms with E-state index >= 15 is 0 Å². The van der Waals surface area contributed by atoms with Crippen LogP contribution in [-0.2, 0) is 25.4 Å². The molecule has 12 heteroatoms. The lowest BCUT2D eigenvalue weighted by Gasteiger charge is -2.33. The molecule has 32 heavy (non-hydrogen) atoms.